The first-order valence-electron chi connectivity index (χ1n) is 11.9. The summed E-state index contributed by atoms with van der Waals surface area (Å²) in [5, 5.41) is 1.23. The van der Waals surface area contributed by atoms with E-state index in [1.807, 2.05) is 0 Å². The Hall–Kier alpha value is -2.88. The van der Waals surface area contributed by atoms with Crippen LogP contribution in [0.3, 0.4) is 0 Å². The van der Waals surface area contributed by atoms with Gasteiger partial charge in [0.15, 0.2) is 0 Å². The average molecular weight is 456 g/mol. The summed E-state index contributed by atoms with van der Waals surface area (Å²) in [4.78, 5) is 9.93. The lowest BCUT2D eigenvalue weighted by atomic mass is 10.00. The Bertz CT molecular complexity index is 1190. The Morgan fingerprint density at radius 1 is 0.848 bits per heavy atom. The highest BCUT2D eigenvalue weighted by molar-refractivity contribution is 6.17. The Kier molecular flexibility index (Phi) is 6.61. The highest BCUT2D eigenvalue weighted by atomic mass is 35.5. The van der Waals surface area contributed by atoms with E-state index in [2.05, 4.69) is 102 Å². The number of rotatable bonds is 6. The van der Waals surface area contributed by atoms with E-state index < -0.39 is 0 Å². The zero-order valence-electron chi connectivity index (χ0n) is 19.1. The fourth-order valence-electron chi connectivity index (χ4n) is 4.94. The molecule has 5 rings (SSSR count). The van der Waals surface area contributed by atoms with Gasteiger partial charge in [0, 0.05) is 35.8 Å². The number of pyridine rings is 1. The van der Waals surface area contributed by atoms with Crippen LogP contribution in [-0.4, -0.2) is 41.6 Å². The highest BCUT2D eigenvalue weighted by Crippen LogP contribution is 2.34. The van der Waals surface area contributed by atoms with Crippen molar-refractivity contribution in [3.63, 3.8) is 0 Å². The van der Waals surface area contributed by atoms with Gasteiger partial charge in [-0.1, -0.05) is 79.7 Å². The summed E-state index contributed by atoms with van der Waals surface area (Å²) in [6, 6.07) is 31.2. The van der Waals surface area contributed by atoms with Crippen LogP contribution in [0.25, 0.3) is 33.3 Å². The van der Waals surface area contributed by atoms with E-state index in [1.54, 1.807) is 0 Å². The average Bonchev–Trinajstić information content (AvgIpc) is 2.90. The van der Waals surface area contributed by atoms with E-state index in [0.717, 1.165) is 49.2 Å². The van der Waals surface area contributed by atoms with E-state index in [1.165, 1.54) is 22.2 Å². The SMILES string of the molecule is CCN(CCl)C1CCN(c2cc(-c3ccc(-c4ccccc4)cc3)nc3ccccc23)CC1. The second-order valence-electron chi connectivity index (χ2n) is 8.73. The van der Waals surface area contributed by atoms with E-state index in [9.17, 15) is 0 Å². The van der Waals surface area contributed by atoms with Crippen LogP contribution in [-0.2, 0) is 0 Å². The Balaban J connectivity index is 1.46. The summed E-state index contributed by atoms with van der Waals surface area (Å²) >= 11 is 6.18. The van der Waals surface area contributed by atoms with Gasteiger partial charge in [0.25, 0.3) is 0 Å². The Morgan fingerprint density at radius 2 is 1.48 bits per heavy atom. The molecule has 0 aliphatic carbocycles. The third-order valence-electron chi connectivity index (χ3n) is 6.86. The maximum atomic E-state index is 6.18. The van der Waals surface area contributed by atoms with Gasteiger partial charge >= 0.3 is 0 Å². The second kappa shape index (κ2) is 9.94. The van der Waals surface area contributed by atoms with Gasteiger partial charge < -0.3 is 4.90 Å². The number of halogens is 1. The van der Waals surface area contributed by atoms with Gasteiger partial charge in [0.1, 0.15) is 0 Å². The minimum absolute atomic E-state index is 0.571. The molecule has 0 unspecified atom stereocenters. The van der Waals surface area contributed by atoms with Crippen molar-refractivity contribution in [3.8, 4) is 22.4 Å². The van der Waals surface area contributed by atoms with Crippen LogP contribution in [0.1, 0.15) is 19.8 Å². The molecule has 0 atom stereocenters. The van der Waals surface area contributed by atoms with Gasteiger partial charge in [-0.25, -0.2) is 4.98 Å². The first-order valence-corrected chi connectivity index (χ1v) is 12.4. The third kappa shape index (κ3) is 4.62. The normalized spacial score (nSPS) is 14.8. The van der Waals surface area contributed by atoms with Crippen molar-refractivity contribution in [3.05, 3.63) is 84.9 Å². The quantitative estimate of drug-likeness (QED) is 0.229. The largest absolute Gasteiger partial charge is 0.371 e. The molecule has 3 aromatic carbocycles. The second-order valence-corrected chi connectivity index (χ2v) is 8.97. The molecule has 3 nitrogen and oxygen atoms in total. The number of anilines is 1. The van der Waals surface area contributed by atoms with Crippen LogP contribution in [0.4, 0.5) is 5.69 Å². The monoisotopic (exact) mass is 455 g/mol. The van der Waals surface area contributed by atoms with Gasteiger partial charge in [-0.3, -0.25) is 4.90 Å². The molecule has 4 heteroatoms. The minimum atomic E-state index is 0.571. The van der Waals surface area contributed by atoms with E-state index >= 15 is 0 Å². The molecule has 4 aromatic rings. The summed E-state index contributed by atoms with van der Waals surface area (Å²) in [6.45, 7) is 5.28. The van der Waals surface area contributed by atoms with E-state index in [4.69, 9.17) is 16.6 Å². The molecule has 0 radical (unpaired) electrons. The Labute approximate surface area is 201 Å². The first kappa shape index (κ1) is 21.9. The molecule has 1 saturated heterocycles. The zero-order chi connectivity index (χ0) is 22.6. The van der Waals surface area contributed by atoms with Crippen molar-refractivity contribution >= 4 is 28.2 Å². The fourth-order valence-corrected chi connectivity index (χ4v) is 5.31. The van der Waals surface area contributed by atoms with Gasteiger partial charge in [0.05, 0.1) is 17.2 Å². The molecule has 1 aliphatic rings. The molecule has 168 valence electrons. The van der Waals surface area contributed by atoms with Crippen LogP contribution >= 0.6 is 11.6 Å². The number of hydrogen-bond acceptors (Lipinski definition) is 3. The van der Waals surface area contributed by atoms with Crippen molar-refractivity contribution in [1.29, 1.82) is 0 Å². The number of aromatic nitrogens is 1. The zero-order valence-corrected chi connectivity index (χ0v) is 19.9. The van der Waals surface area contributed by atoms with Crippen molar-refractivity contribution in [2.75, 3.05) is 30.5 Å². The van der Waals surface area contributed by atoms with E-state index in [0.29, 0.717) is 12.0 Å². The Morgan fingerprint density at radius 3 is 2.18 bits per heavy atom. The molecular formula is C29H30ClN3. The van der Waals surface area contributed by atoms with Crippen molar-refractivity contribution in [2.24, 2.45) is 0 Å². The molecule has 33 heavy (non-hydrogen) atoms. The number of alkyl halides is 1. The number of benzene rings is 3. The predicted molar refractivity (Wildman–Crippen MR) is 141 cm³/mol. The smallest absolute Gasteiger partial charge is 0.0740 e. The molecule has 1 fully saturated rings. The van der Waals surface area contributed by atoms with Crippen molar-refractivity contribution < 1.29 is 0 Å². The molecule has 0 amide bonds. The third-order valence-corrected chi connectivity index (χ3v) is 7.17. The molecule has 0 spiro atoms. The highest BCUT2D eigenvalue weighted by Gasteiger charge is 2.24. The number of para-hydroxylation sites is 1. The van der Waals surface area contributed by atoms with E-state index in [-0.39, 0.29) is 0 Å². The summed E-state index contributed by atoms with van der Waals surface area (Å²) in [7, 11) is 0. The van der Waals surface area contributed by atoms with Crippen LogP contribution < -0.4 is 4.90 Å². The predicted octanol–water partition coefficient (Wildman–Crippen LogP) is 7.06. The van der Waals surface area contributed by atoms with Crippen LogP contribution in [0.15, 0.2) is 84.9 Å². The molecule has 2 heterocycles. The van der Waals surface area contributed by atoms with Gasteiger partial charge in [-0.15, -0.1) is 11.6 Å². The molecule has 0 N–H and O–H groups in total. The summed E-state index contributed by atoms with van der Waals surface area (Å²) in [5.41, 5.74) is 6.97. The molecule has 1 aromatic heterocycles. The van der Waals surface area contributed by atoms with Crippen LogP contribution in [0, 0.1) is 0 Å². The fraction of sp³-hybridized carbons (Fsp3) is 0.276. The lowest BCUT2D eigenvalue weighted by Crippen LogP contribution is -2.44. The standard InChI is InChI=1S/C29H30ClN3/c1-2-32(21-30)25-16-18-33(19-17-25)29-20-28(31-27-11-7-6-10-26(27)29)24-14-12-23(13-15-24)22-8-4-3-5-9-22/h3-15,20,25H,2,16-19,21H2,1H3. The number of fused-ring (bicyclic) bond motifs is 1. The summed E-state index contributed by atoms with van der Waals surface area (Å²) in [6.07, 6.45) is 2.27. The number of nitrogens with zero attached hydrogens (tertiary/aromatic N) is 3. The molecular weight excluding hydrogens is 426 g/mol. The topological polar surface area (TPSA) is 19.4 Å². The molecule has 0 saturated carbocycles. The van der Waals surface area contributed by atoms with Crippen LogP contribution in [0.2, 0.25) is 0 Å². The minimum Gasteiger partial charge on any atom is -0.371 e. The first-order chi connectivity index (χ1) is 16.3. The number of hydrogen-bond donors (Lipinski definition) is 0. The lowest BCUT2D eigenvalue weighted by Gasteiger charge is -2.38. The summed E-state index contributed by atoms with van der Waals surface area (Å²) < 4.78 is 0. The maximum absolute atomic E-state index is 6.18. The van der Waals surface area contributed by atoms with Crippen molar-refractivity contribution in [1.82, 2.24) is 9.88 Å². The maximum Gasteiger partial charge on any atom is 0.0740 e. The van der Waals surface area contributed by atoms with Crippen LogP contribution in [0.5, 0.6) is 0 Å². The molecule has 0 bridgehead atoms. The molecule has 1 aliphatic heterocycles. The lowest BCUT2D eigenvalue weighted by molar-refractivity contribution is 0.206. The van der Waals surface area contributed by atoms with Gasteiger partial charge in [0.2, 0.25) is 0 Å². The van der Waals surface area contributed by atoms with Crippen molar-refractivity contribution in [2.45, 2.75) is 25.8 Å². The number of piperidine rings is 1. The van der Waals surface area contributed by atoms with Gasteiger partial charge in [-0.05, 0) is 42.6 Å². The summed E-state index contributed by atoms with van der Waals surface area (Å²) in [5.74, 6) is 0. The van der Waals surface area contributed by atoms with Gasteiger partial charge in [-0.2, -0.15) is 0 Å².